The molecule has 0 saturated heterocycles. The lowest BCUT2D eigenvalue weighted by Gasteiger charge is -2.39. The van der Waals surface area contributed by atoms with Crippen molar-refractivity contribution in [1.29, 1.82) is 0 Å². The summed E-state index contributed by atoms with van der Waals surface area (Å²) in [4.78, 5) is 15.0. The highest BCUT2D eigenvalue weighted by Crippen LogP contribution is 2.29. The van der Waals surface area contributed by atoms with Crippen LogP contribution in [0.25, 0.3) is 0 Å². The molecule has 1 aromatic heterocycles. The summed E-state index contributed by atoms with van der Waals surface area (Å²) in [5.74, 6) is 0.575. The molecule has 0 spiro atoms. The summed E-state index contributed by atoms with van der Waals surface area (Å²) in [6.07, 6.45) is 6.63. The Morgan fingerprint density at radius 1 is 1.43 bits per heavy atom. The van der Waals surface area contributed by atoms with Crippen LogP contribution >= 0.6 is 15.9 Å². The van der Waals surface area contributed by atoms with Gasteiger partial charge in [0.2, 0.25) is 0 Å². The van der Waals surface area contributed by atoms with Crippen LogP contribution in [0.4, 0.5) is 0 Å². The minimum absolute atomic E-state index is 0.135. The Kier molecular flexibility index (Phi) is 5.88. The maximum absolute atomic E-state index is 13.0. The first-order chi connectivity index (χ1) is 10.1. The number of aromatic nitrogens is 1. The van der Waals surface area contributed by atoms with E-state index < -0.39 is 0 Å². The van der Waals surface area contributed by atoms with Crippen molar-refractivity contribution < 1.29 is 4.79 Å². The van der Waals surface area contributed by atoms with Crippen LogP contribution in [0.5, 0.6) is 0 Å². The molecule has 0 bridgehead atoms. The third kappa shape index (κ3) is 3.51. The number of halogens is 1. The van der Waals surface area contributed by atoms with Crippen molar-refractivity contribution in [2.75, 3.05) is 13.1 Å². The number of carbonyl (C=O) groups excluding carboxylic acids is 1. The minimum Gasteiger partial charge on any atom is -0.343 e. The molecule has 1 aliphatic rings. The van der Waals surface area contributed by atoms with Crippen molar-refractivity contribution in [3.63, 3.8) is 0 Å². The summed E-state index contributed by atoms with van der Waals surface area (Å²) >= 11 is 3.47. The van der Waals surface area contributed by atoms with Crippen molar-refractivity contribution in [2.24, 2.45) is 11.7 Å². The van der Waals surface area contributed by atoms with E-state index in [1.807, 2.05) is 21.7 Å². The fraction of sp³-hybridized carbons (Fsp3) is 0.688. The minimum atomic E-state index is 0.135. The number of carbonyl (C=O) groups is 1. The molecule has 2 unspecified atom stereocenters. The number of aryl methyl sites for hydroxylation is 1. The second kappa shape index (κ2) is 7.45. The smallest absolute Gasteiger partial charge is 0.270 e. The third-order valence-corrected chi connectivity index (χ3v) is 5.03. The van der Waals surface area contributed by atoms with Crippen molar-refractivity contribution >= 4 is 21.8 Å². The van der Waals surface area contributed by atoms with E-state index in [1.54, 1.807) is 0 Å². The molecule has 1 fully saturated rings. The molecule has 21 heavy (non-hydrogen) atoms. The fourth-order valence-electron chi connectivity index (χ4n) is 3.46. The maximum Gasteiger partial charge on any atom is 0.270 e. The molecule has 1 aromatic rings. The first-order valence-electron chi connectivity index (χ1n) is 7.99. The molecule has 1 amide bonds. The number of rotatable bonds is 5. The second-order valence-corrected chi connectivity index (χ2v) is 6.68. The average Bonchev–Trinajstić information content (AvgIpc) is 2.89. The predicted octanol–water partition coefficient (Wildman–Crippen LogP) is 3.25. The number of amides is 1. The SMILES string of the molecule is CCN(C(=O)c1cc(Br)cn1CC)C1CCCCC1CN. The number of nitrogens with zero attached hydrogens (tertiary/aromatic N) is 2. The topological polar surface area (TPSA) is 51.3 Å². The summed E-state index contributed by atoms with van der Waals surface area (Å²) < 4.78 is 2.97. The van der Waals surface area contributed by atoms with Gasteiger partial charge in [-0.2, -0.15) is 0 Å². The summed E-state index contributed by atoms with van der Waals surface area (Å²) in [6, 6.07) is 2.22. The van der Waals surface area contributed by atoms with Crippen LogP contribution in [0, 0.1) is 5.92 Å². The maximum atomic E-state index is 13.0. The average molecular weight is 356 g/mol. The van der Waals surface area contributed by atoms with Crippen molar-refractivity contribution in [2.45, 2.75) is 52.1 Å². The van der Waals surface area contributed by atoms with Gasteiger partial charge in [-0.25, -0.2) is 0 Å². The van der Waals surface area contributed by atoms with Crippen LogP contribution in [0.3, 0.4) is 0 Å². The largest absolute Gasteiger partial charge is 0.343 e. The summed E-state index contributed by atoms with van der Waals surface area (Å²) in [5.41, 5.74) is 6.71. The molecule has 2 atom stereocenters. The highest BCUT2D eigenvalue weighted by atomic mass is 79.9. The summed E-state index contributed by atoms with van der Waals surface area (Å²) in [6.45, 7) is 6.34. The van der Waals surface area contributed by atoms with E-state index in [2.05, 4.69) is 29.8 Å². The molecule has 1 saturated carbocycles. The molecule has 118 valence electrons. The Morgan fingerprint density at radius 2 is 2.14 bits per heavy atom. The van der Waals surface area contributed by atoms with Gasteiger partial charge in [-0.05, 0) is 61.1 Å². The second-order valence-electron chi connectivity index (χ2n) is 5.77. The number of hydrogen-bond acceptors (Lipinski definition) is 2. The monoisotopic (exact) mass is 355 g/mol. The van der Waals surface area contributed by atoms with E-state index in [0.29, 0.717) is 18.5 Å². The van der Waals surface area contributed by atoms with Gasteiger partial charge in [-0.3, -0.25) is 4.79 Å². The zero-order chi connectivity index (χ0) is 15.4. The Labute approximate surface area is 135 Å². The van der Waals surface area contributed by atoms with Gasteiger partial charge in [0.1, 0.15) is 5.69 Å². The molecule has 0 aromatic carbocycles. The van der Waals surface area contributed by atoms with E-state index in [0.717, 1.165) is 36.1 Å². The number of nitrogens with two attached hydrogens (primary N) is 1. The fourth-order valence-corrected chi connectivity index (χ4v) is 3.93. The van der Waals surface area contributed by atoms with E-state index in [1.165, 1.54) is 12.8 Å². The molecule has 5 heteroatoms. The van der Waals surface area contributed by atoms with E-state index in [9.17, 15) is 4.79 Å². The van der Waals surface area contributed by atoms with E-state index >= 15 is 0 Å². The summed E-state index contributed by atoms with van der Waals surface area (Å²) in [7, 11) is 0. The lowest BCUT2D eigenvalue weighted by molar-refractivity contribution is 0.0549. The first-order valence-corrected chi connectivity index (χ1v) is 8.78. The Bertz CT molecular complexity index is 486. The van der Waals surface area contributed by atoms with Crippen LogP contribution in [0.1, 0.15) is 50.0 Å². The lowest BCUT2D eigenvalue weighted by atomic mass is 9.83. The normalized spacial score (nSPS) is 22.3. The number of hydrogen-bond donors (Lipinski definition) is 1. The quantitative estimate of drug-likeness (QED) is 0.881. The molecule has 2 rings (SSSR count). The van der Waals surface area contributed by atoms with Crippen LogP contribution in [-0.2, 0) is 6.54 Å². The third-order valence-electron chi connectivity index (χ3n) is 4.60. The van der Waals surface area contributed by atoms with Gasteiger partial charge in [0.15, 0.2) is 0 Å². The van der Waals surface area contributed by atoms with Crippen molar-refractivity contribution in [3.8, 4) is 0 Å². The first kappa shape index (κ1) is 16.6. The Hall–Kier alpha value is -0.810. The van der Waals surface area contributed by atoms with Gasteiger partial charge in [0.05, 0.1) is 0 Å². The predicted molar refractivity (Wildman–Crippen MR) is 89.3 cm³/mol. The Morgan fingerprint density at radius 3 is 2.76 bits per heavy atom. The molecule has 0 radical (unpaired) electrons. The lowest BCUT2D eigenvalue weighted by Crippen LogP contribution is -2.48. The van der Waals surface area contributed by atoms with Crippen LogP contribution in [0.15, 0.2) is 16.7 Å². The van der Waals surface area contributed by atoms with Gasteiger partial charge in [0.25, 0.3) is 5.91 Å². The molecule has 1 heterocycles. The van der Waals surface area contributed by atoms with Crippen molar-refractivity contribution in [1.82, 2.24) is 9.47 Å². The van der Waals surface area contributed by atoms with Gasteiger partial charge >= 0.3 is 0 Å². The zero-order valence-corrected chi connectivity index (χ0v) is 14.6. The van der Waals surface area contributed by atoms with Gasteiger partial charge in [-0.15, -0.1) is 0 Å². The van der Waals surface area contributed by atoms with E-state index in [4.69, 9.17) is 5.73 Å². The van der Waals surface area contributed by atoms with Crippen LogP contribution in [0.2, 0.25) is 0 Å². The molecule has 2 N–H and O–H groups in total. The molecule has 4 nitrogen and oxygen atoms in total. The molecule has 0 aliphatic heterocycles. The van der Waals surface area contributed by atoms with E-state index in [-0.39, 0.29) is 5.91 Å². The Balaban J connectivity index is 2.25. The standard InChI is InChI=1S/C16H26BrN3O/c1-3-19-11-13(17)9-15(19)16(21)20(4-2)14-8-6-5-7-12(14)10-18/h9,11-12,14H,3-8,10,18H2,1-2H3. The molecular formula is C16H26BrN3O. The van der Waals surface area contributed by atoms with Gasteiger partial charge in [0, 0.05) is 29.8 Å². The van der Waals surface area contributed by atoms with Crippen LogP contribution in [-0.4, -0.2) is 34.5 Å². The summed E-state index contributed by atoms with van der Waals surface area (Å²) in [5, 5.41) is 0. The molecule has 1 aliphatic carbocycles. The van der Waals surface area contributed by atoms with Gasteiger partial charge in [-0.1, -0.05) is 12.8 Å². The van der Waals surface area contributed by atoms with Crippen molar-refractivity contribution in [3.05, 3.63) is 22.4 Å². The molecular weight excluding hydrogens is 330 g/mol. The highest BCUT2D eigenvalue weighted by molar-refractivity contribution is 9.10. The highest BCUT2D eigenvalue weighted by Gasteiger charge is 2.32. The zero-order valence-electron chi connectivity index (χ0n) is 13.0. The van der Waals surface area contributed by atoms with Gasteiger partial charge < -0.3 is 15.2 Å². The van der Waals surface area contributed by atoms with Crippen LogP contribution < -0.4 is 5.73 Å².